The van der Waals surface area contributed by atoms with Crippen LogP contribution in [0.2, 0.25) is 0 Å². The lowest BCUT2D eigenvalue weighted by Crippen LogP contribution is -2.26. The van der Waals surface area contributed by atoms with Gasteiger partial charge in [0.15, 0.2) is 23.4 Å². The number of nitrogens with zero attached hydrogens (tertiary/aromatic N) is 1. The summed E-state index contributed by atoms with van der Waals surface area (Å²) in [5, 5.41) is 9.18. The third kappa shape index (κ3) is 7.86. The lowest BCUT2D eigenvalue weighted by molar-refractivity contribution is -0.122. The zero-order valence-electron chi connectivity index (χ0n) is 18.2. The molecule has 1 saturated heterocycles. The van der Waals surface area contributed by atoms with Crippen LogP contribution in [0.15, 0.2) is 12.1 Å². The van der Waals surface area contributed by atoms with Gasteiger partial charge in [-0.3, -0.25) is 4.79 Å². The lowest BCUT2D eigenvalue weighted by atomic mass is 10.1. The maximum absolute atomic E-state index is 11.6. The fourth-order valence-electron chi connectivity index (χ4n) is 3.53. The van der Waals surface area contributed by atoms with Crippen LogP contribution in [0, 0.1) is 0 Å². The van der Waals surface area contributed by atoms with Gasteiger partial charge in [-0.15, -0.1) is 0 Å². The van der Waals surface area contributed by atoms with Crippen LogP contribution in [0.1, 0.15) is 57.9 Å². The van der Waals surface area contributed by atoms with Gasteiger partial charge in [-0.05, 0) is 70.7 Å². The minimum absolute atomic E-state index is 0.0335. The van der Waals surface area contributed by atoms with Gasteiger partial charge >= 0.3 is 0 Å². The molecule has 0 aromatic heterocycles. The Morgan fingerprint density at radius 1 is 1.10 bits per heavy atom. The summed E-state index contributed by atoms with van der Waals surface area (Å²) in [5.74, 6) is 1.86. The van der Waals surface area contributed by atoms with Gasteiger partial charge in [-0.1, -0.05) is 12.8 Å². The van der Waals surface area contributed by atoms with E-state index in [0.29, 0.717) is 36.7 Å². The summed E-state index contributed by atoms with van der Waals surface area (Å²) < 4.78 is 17.4. The van der Waals surface area contributed by atoms with Crippen LogP contribution in [-0.2, 0) is 11.2 Å². The molecule has 1 N–H and O–H groups in total. The van der Waals surface area contributed by atoms with Gasteiger partial charge in [0.1, 0.15) is 5.75 Å². The van der Waals surface area contributed by atoms with E-state index in [4.69, 9.17) is 14.2 Å². The lowest BCUT2D eigenvalue weighted by Gasteiger charge is -2.21. The quantitative estimate of drug-likeness (QED) is 0.534. The maximum Gasteiger partial charge on any atom is 0.169 e. The Labute approximate surface area is 175 Å². The molecule has 0 saturated carbocycles. The Morgan fingerprint density at radius 3 is 2.45 bits per heavy atom. The third-order valence-electron chi connectivity index (χ3n) is 5.40. The molecule has 1 heterocycles. The molecule has 164 valence electrons. The molecule has 1 fully saturated rings. The van der Waals surface area contributed by atoms with Crippen molar-refractivity contribution >= 4 is 5.78 Å². The molecule has 1 atom stereocenters. The van der Waals surface area contributed by atoms with Crippen molar-refractivity contribution in [2.45, 2.75) is 64.9 Å². The number of ether oxygens (including phenoxy) is 3. The Bertz CT molecular complexity index is 626. The minimum atomic E-state index is -0.535. The van der Waals surface area contributed by atoms with E-state index < -0.39 is 6.10 Å². The first kappa shape index (κ1) is 23.5. The van der Waals surface area contributed by atoms with E-state index >= 15 is 0 Å². The van der Waals surface area contributed by atoms with E-state index in [1.165, 1.54) is 45.7 Å². The minimum Gasteiger partial charge on any atom is -0.493 e. The molecule has 1 unspecified atom stereocenters. The summed E-state index contributed by atoms with van der Waals surface area (Å²) in [4.78, 5) is 14.2. The van der Waals surface area contributed by atoms with Crippen molar-refractivity contribution in [2.75, 3.05) is 40.0 Å². The standard InChI is InChI=1S/C23H37NO5/c1-18(26)19(2)29-21-17-23(22(27-3)16-20(21)10-8-14-25)28-15-9-13-24-11-6-4-5-7-12-24/h16-17,19,25H,4-15H2,1-3H3. The zero-order chi connectivity index (χ0) is 21.1. The molecule has 0 spiro atoms. The molecule has 0 aliphatic carbocycles. The molecular weight excluding hydrogens is 370 g/mol. The number of aryl methyl sites for hydroxylation is 1. The Hall–Kier alpha value is -1.79. The Morgan fingerprint density at radius 2 is 1.83 bits per heavy atom. The summed E-state index contributed by atoms with van der Waals surface area (Å²) in [6, 6.07) is 3.71. The summed E-state index contributed by atoms with van der Waals surface area (Å²) in [6.07, 6.45) is 6.94. The molecule has 29 heavy (non-hydrogen) atoms. The molecule has 2 rings (SSSR count). The molecule has 1 aliphatic heterocycles. The van der Waals surface area contributed by atoms with Gasteiger partial charge in [0.05, 0.1) is 13.7 Å². The number of hydrogen-bond acceptors (Lipinski definition) is 6. The number of hydrogen-bond donors (Lipinski definition) is 1. The number of aliphatic hydroxyl groups is 1. The highest BCUT2D eigenvalue weighted by atomic mass is 16.5. The first-order valence-corrected chi connectivity index (χ1v) is 10.9. The molecule has 1 aliphatic rings. The summed E-state index contributed by atoms with van der Waals surface area (Å²) in [7, 11) is 1.62. The number of methoxy groups -OCH3 is 1. The van der Waals surface area contributed by atoms with Crippen molar-refractivity contribution < 1.29 is 24.1 Å². The Kier molecular flexibility index (Phi) is 10.3. The number of ketones is 1. The van der Waals surface area contributed by atoms with Crippen molar-refractivity contribution in [3.8, 4) is 17.2 Å². The topological polar surface area (TPSA) is 68.2 Å². The van der Waals surface area contributed by atoms with Gasteiger partial charge < -0.3 is 24.2 Å². The predicted octanol–water partition coefficient (Wildman–Crippen LogP) is 3.62. The molecule has 1 aromatic rings. The second-order valence-corrected chi connectivity index (χ2v) is 7.77. The normalized spacial score (nSPS) is 16.1. The molecule has 0 radical (unpaired) electrons. The van der Waals surface area contributed by atoms with Gasteiger partial charge in [-0.25, -0.2) is 0 Å². The van der Waals surface area contributed by atoms with Gasteiger partial charge in [0.2, 0.25) is 0 Å². The predicted molar refractivity (Wildman–Crippen MR) is 114 cm³/mol. The average molecular weight is 408 g/mol. The van der Waals surface area contributed by atoms with Crippen LogP contribution in [0.25, 0.3) is 0 Å². The molecule has 0 amide bonds. The van der Waals surface area contributed by atoms with Gasteiger partial charge in [0, 0.05) is 19.2 Å². The van der Waals surface area contributed by atoms with E-state index in [1.807, 2.05) is 12.1 Å². The highest BCUT2D eigenvalue weighted by Crippen LogP contribution is 2.36. The summed E-state index contributed by atoms with van der Waals surface area (Å²) in [6.45, 7) is 7.37. The monoisotopic (exact) mass is 407 g/mol. The van der Waals surface area contributed by atoms with Crippen LogP contribution in [0.4, 0.5) is 0 Å². The van der Waals surface area contributed by atoms with Crippen LogP contribution in [0.3, 0.4) is 0 Å². The fourth-order valence-corrected chi connectivity index (χ4v) is 3.53. The van der Waals surface area contributed by atoms with Crippen molar-refractivity contribution in [1.29, 1.82) is 0 Å². The zero-order valence-corrected chi connectivity index (χ0v) is 18.2. The molecule has 6 nitrogen and oxygen atoms in total. The fraction of sp³-hybridized carbons (Fsp3) is 0.696. The van der Waals surface area contributed by atoms with E-state index in [9.17, 15) is 9.90 Å². The van der Waals surface area contributed by atoms with Gasteiger partial charge in [0.25, 0.3) is 0 Å². The van der Waals surface area contributed by atoms with E-state index in [1.54, 1.807) is 14.0 Å². The largest absolute Gasteiger partial charge is 0.493 e. The van der Waals surface area contributed by atoms with E-state index in [0.717, 1.165) is 18.5 Å². The molecular formula is C23H37NO5. The number of rotatable bonds is 12. The van der Waals surface area contributed by atoms with E-state index in [2.05, 4.69) is 4.90 Å². The Balaban J connectivity index is 2.03. The SMILES string of the molecule is COc1cc(CCCO)c(OC(C)C(C)=O)cc1OCCCN1CCCCCC1. The molecule has 6 heteroatoms. The maximum atomic E-state index is 11.6. The smallest absolute Gasteiger partial charge is 0.169 e. The number of carbonyl (C=O) groups is 1. The van der Waals surface area contributed by atoms with Crippen molar-refractivity contribution in [3.05, 3.63) is 17.7 Å². The second kappa shape index (κ2) is 12.7. The molecule has 0 bridgehead atoms. The molecule has 1 aromatic carbocycles. The second-order valence-electron chi connectivity index (χ2n) is 7.77. The van der Waals surface area contributed by atoms with Crippen molar-refractivity contribution in [2.24, 2.45) is 0 Å². The summed E-state index contributed by atoms with van der Waals surface area (Å²) in [5.41, 5.74) is 0.904. The van der Waals surface area contributed by atoms with Crippen LogP contribution in [0.5, 0.6) is 17.2 Å². The first-order valence-electron chi connectivity index (χ1n) is 10.9. The summed E-state index contributed by atoms with van der Waals surface area (Å²) >= 11 is 0. The van der Waals surface area contributed by atoms with Crippen molar-refractivity contribution in [1.82, 2.24) is 4.90 Å². The third-order valence-corrected chi connectivity index (χ3v) is 5.40. The van der Waals surface area contributed by atoms with Crippen molar-refractivity contribution in [3.63, 3.8) is 0 Å². The van der Waals surface area contributed by atoms with Gasteiger partial charge in [-0.2, -0.15) is 0 Å². The average Bonchev–Trinajstić information content (AvgIpc) is 2.99. The number of carbonyl (C=O) groups excluding carboxylic acids is 1. The highest BCUT2D eigenvalue weighted by Gasteiger charge is 2.17. The van der Waals surface area contributed by atoms with Crippen LogP contribution in [-0.4, -0.2) is 61.9 Å². The van der Waals surface area contributed by atoms with E-state index in [-0.39, 0.29) is 12.4 Å². The van der Waals surface area contributed by atoms with Crippen LogP contribution >= 0.6 is 0 Å². The number of aliphatic hydroxyl groups excluding tert-OH is 1. The number of Topliss-reactive ketones (excluding diaryl/α,β-unsaturated/α-hetero) is 1. The highest BCUT2D eigenvalue weighted by molar-refractivity contribution is 5.80. The number of benzene rings is 1. The first-order chi connectivity index (χ1) is 14.0. The number of likely N-dealkylation sites (tertiary alicyclic amines) is 1. The van der Waals surface area contributed by atoms with Crippen LogP contribution < -0.4 is 14.2 Å².